The summed E-state index contributed by atoms with van der Waals surface area (Å²) in [4.78, 5) is 33.4. The Kier molecular flexibility index (Phi) is 9.60. The zero-order valence-corrected chi connectivity index (χ0v) is 22.3. The summed E-state index contributed by atoms with van der Waals surface area (Å²) in [6.07, 6.45) is -1.47. The van der Waals surface area contributed by atoms with Crippen LogP contribution < -0.4 is 0 Å². The van der Waals surface area contributed by atoms with Crippen LogP contribution in [-0.2, 0) is 28.7 Å². The standard InChI is InChI=1S/C31H32F3N3O3/c1-40-19-7-17-37(30(39)24-12-14-26(15-13-24)31(32,33)34)22-29(38)36(21-23-8-3-2-4-9-23)18-16-25-20-35-28-11-6-5-10-27(25)28/h2-6,8-15,20,35H,7,16-19,21-22H2,1H3. The van der Waals surface area contributed by atoms with Crippen molar-refractivity contribution in [2.75, 3.05) is 33.4 Å². The van der Waals surface area contributed by atoms with Crippen LogP contribution in [0.2, 0.25) is 0 Å². The first-order valence-electron chi connectivity index (χ1n) is 13.1. The van der Waals surface area contributed by atoms with E-state index in [-0.39, 0.29) is 24.6 Å². The highest BCUT2D eigenvalue weighted by molar-refractivity contribution is 5.96. The number of amides is 2. The molecular formula is C31H32F3N3O3. The molecule has 40 heavy (non-hydrogen) atoms. The average molecular weight is 552 g/mol. The molecule has 0 aliphatic carbocycles. The largest absolute Gasteiger partial charge is 0.416 e. The molecular weight excluding hydrogens is 519 g/mol. The number of nitrogens with one attached hydrogen (secondary N) is 1. The molecule has 0 atom stereocenters. The molecule has 0 radical (unpaired) electrons. The summed E-state index contributed by atoms with van der Waals surface area (Å²) in [7, 11) is 1.54. The van der Waals surface area contributed by atoms with Gasteiger partial charge in [-0.05, 0) is 54.3 Å². The summed E-state index contributed by atoms with van der Waals surface area (Å²) < 4.78 is 44.2. The fourth-order valence-corrected chi connectivity index (χ4v) is 4.59. The molecule has 1 heterocycles. The summed E-state index contributed by atoms with van der Waals surface area (Å²) in [5.41, 5.74) is 2.31. The van der Waals surface area contributed by atoms with E-state index in [0.29, 0.717) is 32.5 Å². The van der Waals surface area contributed by atoms with Crippen molar-refractivity contribution in [1.82, 2.24) is 14.8 Å². The van der Waals surface area contributed by atoms with E-state index in [4.69, 9.17) is 4.74 Å². The smallest absolute Gasteiger partial charge is 0.385 e. The molecule has 0 bridgehead atoms. The third kappa shape index (κ3) is 7.51. The first kappa shape index (κ1) is 28.9. The second-order valence-electron chi connectivity index (χ2n) is 9.56. The van der Waals surface area contributed by atoms with Gasteiger partial charge in [0.15, 0.2) is 0 Å². The van der Waals surface area contributed by atoms with Crippen molar-refractivity contribution < 1.29 is 27.5 Å². The zero-order valence-electron chi connectivity index (χ0n) is 22.3. The van der Waals surface area contributed by atoms with E-state index in [2.05, 4.69) is 4.98 Å². The Morgan fingerprint density at radius 3 is 2.27 bits per heavy atom. The first-order valence-corrected chi connectivity index (χ1v) is 13.1. The quantitative estimate of drug-likeness (QED) is 0.222. The maximum absolute atomic E-state index is 13.7. The normalized spacial score (nSPS) is 11.5. The van der Waals surface area contributed by atoms with E-state index in [1.54, 1.807) is 12.0 Å². The van der Waals surface area contributed by atoms with Gasteiger partial charge in [0.05, 0.1) is 5.56 Å². The van der Waals surface area contributed by atoms with E-state index in [1.165, 1.54) is 4.90 Å². The number of aromatic nitrogens is 1. The Morgan fingerprint density at radius 2 is 1.57 bits per heavy atom. The van der Waals surface area contributed by atoms with Crippen LogP contribution in [-0.4, -0.2) is 59.9 Å². The Hall–Kier alpha value is -4.11. The number of hydrogen-bond donors (Lipinski definition) is 1. The van der Waals surface area contributed by atoms with Gasteiger partial charge in [0, 0.05) is 56.0 Å². The zero-order chi connectivity index (χ0) is 28.5. The molecule has 0 aliphatic rings. The van der Waals surface area contributed by atoms with Crippen LogP contribution in [0, 0.1) is 0 Å². The highest BCUT2D eigenvalue weighted by Crippen LogP contribution is 2.29. The molecule has 0 unspecified atom stereocenters. The fraction of sp³-hybridized carbons (Fsp3) is 0.290. The number of nitrogens with zero attached hydrogens (tertiary/aromatic N) is 2. The van der Waals surface area contributed by atoms with E-state index >= 15 is 0 Å². The van der Waals surface area contributed by atoms with Gasteiger partial charge in [-0.25, -0.2) is 0 Å². The Balaban J connectivity index is 1.53. The molecule has 0 saturated heterocycles. The second-order valence-corrected chi connectivity index (χ2v) is 9.56. The molecule has 4 rings (SSSR count). The number of halogens is 3. The van der Waals surface area contributed by atoms with Crippen LogP contribution in [0.25, 0.3) is 10.9 Å². The molecule has 0 aliphatic heterocycles. The van der Waals surface area contributed by atoms with E-state index < -0.39 is 17.6 Å². The van der Waals surface area contributed by atoms with Crippen molar-refractivity contribution in [3.05, 3.63) is 107 Å². The van der Waals surface area contributed by atoms with Crippen LogP contribution in [0.1, 0.15) is 33.5 Å². The number of alkyl halides is 3. The van der Waals surface area contributed by atoms with Crippen molar-refractivity contribution in [2.24, 2.45) is 0 Å². The lowest BCUT2D eigenvalue weighted by Crippen LogP contribution is -2.44. The molecule has 1 N–H and O–H groups in total. The van der Waals surface area contributed by atoms with Gasteiger partial charge in [-0.2, -0.15) is 13.2 Å². The molecule has 4 aromatic rings. The topological polar surface area (TPSA) is 65.6 Å². The van der Waals surface area contributed by atoms with Crippen molar-refractivity contribution in [1.29, 1.82) is 0 Å². The van der Waals surface area contributed by atoms with Gasteiger partial charge in [0.25, 0.3) is 5.91 Å². The van der Waals surface area contributed by atoms with Gasteiger partial charge in [-0.1, -0.05) is 48.5 Å². The number of H-pyrrole nitrogens is 1. The van der Waals surface area contributed by atoms with Gasteiger partial charge < -0.3 is 19.5 Å². The molecule has 1 aromatic heterocycles. The number of benzene rings is 3. The fourth-order valence-electron chi connectivity index (χ4n) is 4.59. The highest BCUT2D eigenvalue weighted by Gasteiger charge is 2.31. The minimum atomic E-state index is -4.50. The van der Waals surface area contributed by atoms with Crippen LogP contribution in [0.4, 0.5) is 13.2 Å². The predicted octanol–water partition coefficient (Wildman–Crippen LogP) is 5.94. The predicted molar refractivity (Wildman–Crippen MR) is 148 cm³/mol. The van der Waals surface area contributed by atoms with Gasteiger partial charge in [-0.3, -0.25) is 9.59 Å². The van der Waals surface area contributed by atoms with E-state index in [9.17, 15) is 22.8 Å². The maximum atomic E-state index is 13.7. The lowest BCUT2D eigenvalue weighted by molar-refractivity contribution is -0.137. The maximum Gasteiger partial charge on any atom is 0.416 e. The number of aromatic amines is 1. The summed E-state index contributed by atoms with van der Waals surface area (Å²) in [6, 6.07) is 21.6. The van der Waals surface area contributed by atoms with Crippen LogP contribution in [0.5, 0.6) is 0 Å². The highest BCUT2D eigenvalue weighted by atomic mass is 19.4. The third-order valence-electron chi connectivity index (χ3n) is 6.74. The minimum absolute atomic E-state index is 0.0895. The van der Waals surface area contributed by atoms with Gasteiger partial charge in [-0.15, -0.1) is 0 Å². The molecule has 210 valence electrons. The Bertz CT molecular complexity index is 1400. The monoisotopic (exact) mass is 551 g/mol. The van der Waals surface area contributed by atoms with Crippen molar-refractivity contribution in [3.8, 4) is 0 Å². The van der Waals surface area contributed by atoms with Crippen LogP contribution in [0.15, 0.2) is 85.1 Å². The first-order chi connectivity index (χ1) is 19.3. The Labute approximate surface area is 231 Å². The number of methoxy groups -OCH3 is 1. The second kappa shape index (κ2) is 13.3. The number of hydrogen-bond acceptors (Lipinski definition) is 3. The molecule has 9 heteroatoms. The summed E-state index contributed by atoms with van der Waals surface area (Å²) >= 11 is 0. The van der Waals surface area contributed by atoms with Crippen molar-refractivity contribution in [2.45, 2.75) is 25.6 Å². The number of ether oxygens (including phenoxy) is 1. The Morgan fingerprint density at radius 1 is 0.875 bits per heavy atom. The lowest BCUT2D eigenvalue weighted by atomic mass is 10.1. The van der Waals surface area contributed by atoms with Gasteiger partial charge in [0.2, 0.25) is 5.91 Å². The molecule has 0 saturated carbocycles. The van der Waals surface area contributed by atoms with E-state index in [1.807, 2.05) is 60.8 Å². The molecule has 0 fully saturated rings. The summed E-state index contributed by atoms with van der Waals surface area (Å²) in [5, 5.41) is 1.09. The third-order valence-corrected chi connectivity index (χ3v) is 6.74. The SMILES string of the molecule is COCCCN(CC(=O)N(CCc1c[nH]c2ccccc12)Cc1ccccc1)C(=O)c1ccc(C(F)(F)F)cc1. The number of carbonyl (C=O) groups is 2. The summed E-state index contributed by atoms with van der Waals surface area (Å²) in [6.45, 7) is 1.18. The number of para-hydroxylation sites is 1. The lowest BCUT2D eigenvalue weighted by Gasteiger charge is -2.28. The summed E-state index contributed by atoms with van der Waals surface area (Å²) in [5.74, 6) is -0.754. The van der Waals surface area contributed by atoms with Crippen LogP contribution in [0.3, 0.4) is 0 Å². The van der Waals surface area contributed by atoms with Crippen LogP contribution >= 0.6 is 0 Å². The molecule has 3 aromatic carbocycles. The molecule has 6 nitrogen and oxygen atoms in total. The minimum Gasteiger partial charge on any atom is -0.385 e. The molecule has 0 spiro atoms. The van der Waals surface area contributed by atoms with Crippen molar-refractivity contribution >= 4 is 22.7 Å². The average Bonchev–Trinajstić information content (AvgIpc) is 3.37. The number of rotatable bonds is 12. The van der Waals surface area contributed by atoms with Gasteiger partial charge >= 0.3 is 6.18 Å². The van der Waals surface area contributed by atoms with Crippen molar-refractivity contribution in [3.63, 3.8) is 0 Å². The number of carbonyl (C=O) groups excluding carboxylic acids is 2. The van der Waals surface area contributed by atoms with E-state index in [0.717, 1.165) is 46.3 Å². The van der Waals surface area contributed by atoms with Gasteiger partial charge in [0.1, 0.15) is 6.54 Å². The number of fused-ring (bicyclic) bond motifs is 1. The molecule has 2 amide bonds.